The Morgan fingerprint density at radius 1 is 1.85 bits per heavy atom. The van der Waals surface area contributed by atoms with Crippen LogP contribution in [-0.2, 0) is 0 Å². The van der Waals surface area contributed by atoms with Gasteiger partial charge in [-0.05, 0) is 13.0 Å². The van der Waals surface area contributed by atoms with E-state index in [9.17, 15) is 4.79 Å². The lowest BCUT2D eigenvalue weighted by Gasteiger charge is -2.05. The highest BCUT2D eigenvalue weighted by Gasteiger charge is 2.13. The minimum absolute atomic E-state index is 0.0855. The van der Waals surface area contributed by atoms with Crippen LogP contribution in [0.25, 0.3) is 0 Å². The maximum Gasteiger partial charge on any atom is 0.288 e. The molecule has 0 spiro atoms. The van der Waals surface area contributed by atoms with E-state index in [-0.39, 0.29) is 17.7 Å². The van der Waals surface area contributed by atoms with Crippen molar-refractivity contribution >= 4 is 17.5 Å². The quantitative estimate of drug-likeness (QED) is 0.769. The number of nitrogens with one attached hydrogen (secondary N) is 1. The Balaban J connectivity index is 2.54. The Bertz CT molecular complexity index is 296. The lowest BCUT2D eigenvalue weighted by atomic mass is 10.3. The predicted molar refractivity (Wildman–Crippen MR) is 49.7 cm³/mol. The van der Waals surface area contributed by atoms with E-state index in [1.807, 2.05) is 0 Å². The van der Waals surface area contributed by atoms with Gasteiger partial charge in [0.05, 0.1) is 11.3 Å². The first-order chi connectivity index (χ1) is 6.11. The molecule has 0 aromatic carbocycles. The summed E-state index contributed by atoms with van der Waals surface area (Å²) in [6.45, 7) is 2.19. The molecule has 0 aliphatic rings. The first kappa shape index (κ1) is 10.1. The fraction of sp³-hybridized carbons (Fsp3) is 0.375. The van der Waals surface area contributed by atoms with E-state index in [2.05, 4.69) is 5.32 Å². The standard InChI is InChI=1S/C8H11ClN2O2/c1-5(10)4-11-8(12)7-6(9)2-3-13-7/h2-3,5H,4,10H2,1H3,(H,11,12). The van der Waals surface area contributed by atoms with Gasteiger partial charge in [-0.25, -0.2) is 0 Å². The van der Waals surface area contributed by atoms with Gasteiger partial charge in [-0.1, -0.05) is 11.6 Å². The minimum Gasteiger partial charge on any atom is -0.458 e. The van der Waals surface area contributed by atoms with Gasteiger partial charge >= 0.3 is 0 Å². The summed E-state index contributed by atoms with van der Waals surface area (Å²) >= 11 is 5.66. The molecule has 0 radical (unpaired) electrons. The summed E-state index contributed by atoms with van der Waals surface area (Å²) in [6, 6.07) is 1.43. The van der Waals surface area contributed by atoms with Crippen LogP contribution in [0.3, 0.4) is 0 Å². The summed E-state index contributed by atoms with van der Waals surface area (Å²) in [5, 5.41) is 2.89. The third kappa shape index (κ3) is 2.75. The van der Waals surface area contributed by atoms with Crippen LogP contribution in [-0.4, -0.2) is 18.5 Å². The number of nitrogens with two attached hydrogens (primary N) is 1. The molecule has 0 aliphatic heterocycles. The summed E-state index contributed by atoms with van der Waals surface area (Å²) < 4.78 is 4.87. The molecule has 1 unspecified atom stereocenters. The van der Waals surface area contributed by atoms with Gasteiger partial charge in [0.25, 0.3) is 5.91 Å². The normalized spacial score (nSPS) is 12.5. The van der Waals surface area contributed by atoms with Gasteiger partial charge in [0.15, 0.2) is 0 Å². The number of amides is 1. The van der Waals surface area contributed by atoms with E-state index < -0.39 is 0 Å². The molecule has 0 saturated carbocycles. The van der Waals surface area contributed by atoms with Crippen LogP contribution in [0, 0.1) is 0 Å². The Morgan fingerprint density at radius 2 is 2.54 bits per heavy atom. The van der Waals surface area contributed by atoms with Crippen molar-refractivity contribution in [2.75, 3.05) is 6.54 Å². The number of hydrogen-bond donors (Lipinski definition) is 2. The summed E-state index contributed by atoms with van der Waals surface area (Å²) in [7, 11) is 0. The molecule has 72 valence electrons. The van der Waals surface area contributed by atoms with Crippen LogP contribution in [0.4, 0.5) is 0 Å². The van der Waals surface area contributed by atoms with Crippen molar-refractivity contribution in [1.29, 1.82) is 0 Å². The monoisotopic (exact) mass is 202 g/mol. The molecule has 1 aromatic rings. The van der Waals surface area contributed by atoms with Crippen molar-refractivity contribution in [1.82, 2.24) is 5.32 Å². The molecule has 1 atom stereocenters. The van der Waals surface area contributed by atoms with E-state index in [1.165, 1.54) is 12.3 Å². The van der Waals surface area contributed by atoms with Gasteiger partial charge in [0, 0.05) is 12.6 Å². The van der Waals surface area contributed by atoms with Crippen LogP contribution in [0.5, 0.6) is 0 Å². The maximum atomic E-state index is 11.3. The van der Waals surface area contributed by atoms with E-state index in [0.717, 1.165) is 0 Å². The zero-order valence-corrected chi connectivity index (χ0v) is 7.97. The van der Waals surface area contributed by atoms with Gasteiger partial charge in [-0.3, -0.25) is 4.79 Å². The van der Waals surface area contributed by atoms with Crippen molar-refractivity contribution in [3.05, 3.63) is 23.1 Å². The average Bonchev–Trinajstić information content (AvgIpc) is 2.47. The Kier molecular flexibility index (Phi) is 3.33. The van der Waals surface area contributed by atoms with Gasteiger partial charge in [0.2, 0.25) is 5.76 Å². The molecule has 1 amide bonds. The SMILES string of the molecule is CC(N)CNC(=O)c1occc1Cl. The number of rotatable bonds is 3. The highest BCUT2D eigenvalue weighted by atomic mass is 35.5. The number of carbonyl (C=O) groups is 1. The molecule has 4 nitrogen and oxygen atoms in total. The first-order valence-corrected chi connectivity index (χ1v) is 4.26. The van der Waals surface area contributed by atoms with Gasteiger partial charge in [0.1, 0.15) is 0 Å². The summed E-state index contributed by atoms with van der Waals surface area (Å²) in [4.78, 5) is 11.3. The van der Waals surface area contributed by atoms with Crippen LogP contribution >= 0.6 is 11.6 Å². The molecular weight excluding hydrogens is 192 g/mol. The van der Waals surface area contributed by atoms with Crippen molar-refractivity contribution < 1.29 is 9.21 Å². The third-order valence-corrected chi connectivity index (χ3v) is 1.71. The van der Waals surface area contributed by atoms with Crippen LogP contribution in [0.1, 0.15) is 17.5 Å². The molecule has 0 bridgehead atoms. The topological polar surface area (TPSA) is 68.3 Å². The zero-order chi connectivity index (χ0) is 9.84. The molecular formula is C8H11ClN2O2. The molecule has 0 saturated heterocycles. The smallest absolute Gasteiger partial charge is 0.288 e. The molecule has 1 heterocycles. The van der Waals surface area contributed by atoms with E-state index in [0.29, 0.717) is 11.6 Å². The predicted octanol–water partition coefficient (Wildman–Crippen LogP) is 1.01. The second-order valence-electron chi connectivity index (χ2n) is 2.78. The second kappa shape index (κ2) is 4.30. The van der Waals surface area contributed by atoms with Gasteiger partial charge in [-0.2, -0.15) is 0 Å². The number of hydrogen-bond acceptors (Lipinski definition) is 3. The van der Waals surface area contributed by atoms with Gasteiger partial charge < -0.3 is 15.5 Å². The minimum atomic E-state index is -0.340. The number of furan rings is 1. The molecule has 1 aromatic heterocycles. The molecule has 0 aliphatic carbocycles. The van der Waals surface area contributed by atoms with Crippen molar-refractivity contribution in [2.45, 2.75) is 13.0 Å². The first-order valence-electron chi connectivity index (χ1n) is 3.88. The Hall–Kier alpha value is -1.00. The average molecular weight is 203 g/mol. The van der Waals surface area contributed by atoms with Gasteiger partial charge in [-0.15, -0.1) is 0 Å². The molecule has 13 heavy (non-hydrogen) atoms. The van der Waals surface area contributed by atoms with Crippen LogP contribution in [0.2, 0.25) is 5.02 Å². The maximum absolute atomic E-state index is 11.3. The fourth-order valence-corrected chi connectivity index (χ4v) is 0.972. The molecule has 1 rings (SSSR count). The Morgan fingerprint density at radius 3 is 3.00 bits per heavy atom. The van der Waals surface area contributed by atoms with E-state index in [1.54, 1.807) is 6.92 Å². The van der Waals surface area contributed by atoms with Crippen LogP contribution < -0.4 is 11.1 Å². The molecule has 0 fully saturated rings. The fourth-order valence-electron chi connectivity index (χ4n) is 0.790. The largest absolute Gasteiger partial charge is 0.458 e. The van der Waals surface area contributed by atoms with E-state index >= 15 is 0 Å². The lowest BCUT2D eigenvalue weighted by molar-refractivity contribution is 0.0924. The van der Waals surface area contributed by atoms with Crippen molar-refractivity contribution in [3.8, 4) is 0 Å². The number of halogens is 1. The van der Waals surface area contributed by atoms with Crippen molar-refractivity contribution in [2.24, 2.45) is 5.73 Å². The highest BCUT2D eigenvalue weighted by Crippen LogP contribution is 2.15. The summed E-state index contributed by atoms with van der Waals surface area (Å²) in [5.74, 6) is -0.213. The molecule has 5 heteroatoms. The summed E-state index contributed by atoms with van der Waals surface area (Å²) in [6.07, 6.45) is 1.36. The zero-order valence-electron chi connectivity index (χ0n) is 7.21. The van der Waals surface area contributed by atoms with Crippen molar-refractivity contribution in [3.63, 3.8) is 0 Å². The second-order valence-corrected chi connectivity index (χ2v) is 3.19. The third-order valence-electron chi connectivity index (χ3n) is 1.41. The lowest BCUT2D eigenvalue weighted by Crippen LogP contribution is -2.35. The number of carbonyl (C=O) groups excluding carboxylic acids is 1. The highest BCUT2D eigenvalue weighted by molar-refractivity contribution is 6.33. The Labute approximate surface area is 81.0 Å². The molecule has 3 N–H and O–H groups in total. The van der Waals surface area contributed by atoms with Crippen LogP contribution in [0.15, 0.2) is 16.7 Å². The van der Waals surface area contributed by atoms with E-state index in [4.69, 9.17) is 21.8 Å². The summed E-state index contributed by atoms with van der Waals surface area (Å²) in [5.41, 5.74) is 5.45.